The molecule has 6 nitrogen and oxygen atoms in total. The van der Waals surface area contributed by atoms with Crippen LogP contribution in [0.15, 0.2) is 85.1 Å². The number of allylic oxidation sites excluding steroid dienone is 14. The molecular weight excluding hydrogens is 997 g/mol. The minimum absolute atomic E-state index is 0.0722. The van der Waals surface area contributed by atoms with Crippen molar-refractivity contribution >= 4 is 17.9 Å². The Hall–Kier alpha value is -3.41. The Bertz CT molecular complexity index is 1530. The lowest BCUT2D eigenvalue weighted by Crippen LogP contribution is -2.30. The van der Waals surface area contributed by atoms with E-state index in [9.17, 15) is 14.4 Å². The molecule has 0 saturated carbocycles. The third-order valence-electron chi connectivity index (χ3n) is 15.4. The summed E-state index contributed by atoms with van der Waals surface area (Å²) in [6.45, 7) is 6.55. The summed E-state index contributed by atoms with van der Waals surface area (Å²) in [7, 11) is 0. The van der Waals surface area contributed by atoms with Gasteiger partial charge in [-0.2, -0.15) is 0 Å². The minimum Gasteiger partial charge on any atom is -0.462 e. The molecule has 468 valence electrons. The normalized spacial score (nSPS) is 12.6. The van der Waals surface area contributed by atoms with E-state index in [1.165, 1.54) is 218 Å². The number of carbonyl (C=O) groups excluding carboxylic acids is 3. The molecule has 0 aromatic heterocycles. The quantitative estimate of drug-likeness (QED) is 0.0261. The molecule has 0 heterocycles. The maximum absolute atomic E-state index is 12.9. The van der Waals surface area contributed by atoms with Gasteiger partial charge >= 0.3 is 17.9 Å². The molecule has 0 aromatic carbocycles. The third-order valence-corrected chi connectivity index (χ3v) is 15.4. The number of esters is 3. The van der Waals surface area contributed by atoms with Crippen LogP contribution in [0, 0.1) is 0 Å². The summed E-state index contributed by atoms with van der Waals surface area (Å²) in [6.07, 6.45) is 91.9. The lowest BCUT2D eigenvalue weighted by atomic mass is 10.0. The van der Waals surface area contributed by atoms with Gasteiger partial charge in [-0.3, -0.25) is 14.4 Å². The van der Waals surface area contributed by atoms with Crippen molar-refractivity contribution in [1.29, 1.82) is 0 Å². The maximum Gasteiger partial charge on any atom is 0.306 e. The van der Waals surface area contributed by atoms with Crippen molar-refractivity contribution in [3.8, 4) is 0 Å². The molecule has 0 aromatic rings. The molecule has 0 radical (unpaired) electrons. The van der Waals surface area contributed by atoms with Crippen molar-refractivity contribution in [2.75, 3.05) is 13.2 Å². The fourth-order valence-corrected chi connectivity index (χ4v) is 10.2. The van der Waals surface area contributed by atoms with E-state index in [0.29, 0.717) is 19.3 Å². The number of ether oxygens (including phenoxy) is 3. The second-order valence-electron chi connectivity index (χ2n) is 23.4. The fraction of sp³-hybridized carbons (Fsp3) is 0.773. The summed E-state index contributed by atoms with van der Waals surface area (Å²) in [6, 6.07) is 0. The molecule has 0 N–H and O–H groups in total. The lowest BCUT2D eigenvalue weighted by Gasteiger charge is -2.18. The zero-order valence-corrected chi connectivity index (χ0v) is 53.8. The lowest BCUT2D eigenvalue weighted by molar-refractivity contribution is -0.167. The van der Waals surface area contributed by atoms with Crippen LogP contribution in [0.5, 0.6) is 0 Å². The van der Waals surface area contributed by atoms with Gasteiger partial charge in [0.05, 0.1) is 0 Å². The highest BCUT2D eigenvalue weighted by atomic mass is 16.6. The number of hydrogen-bond donors (Lipinski definition) is 0. The summed E-state index contributed by atoms with van der Waals surface area (Å²) in [5.41, 5.74) is 0. The van der Waals surface area contributed by atoms with Crippen molar-refractivity contribution in [3.63, 3.8) is 0 Å². The van der Waals surface area contributed by atoms with Gasteiger partial charge in [-0.15, -0.1) is 0 Å². The molecule has 0 amide bonds. The monoisotopic (exact) mass is 1130 g/mol. The first-order valence-corrected chi connectivity index (χ1v) is 35.1. The Balaban J connectivity index is 4.12. The van der Waals surface area contributed by atoms with Crippen LogP contribution in [-0.2, 0) is 28.6 Å². The molecule has 1 atom stereocenters. The Morgan fingerprint density at radius 2 is 0.481 bits per heavy atom. The standard InChI is InChI=1S/C75H132O6/c1-4-7-10-13-16-19-21-23-25-27-29-31-32-33-34-35-36-37-38-39-40-41-42-44-45-47-49-51-53-56-59-62-65-68-74(77)80-71-72(70-79-73(76)67-64-61-58-55-18-15-12-9-6-3)81-75(78)69-66-63-60-57-54-52-50-48-46-43-30-28-26-24-22-20-17-14-11-8-5-2/h7,10,16,19,23,25,28-31,33-34,36-37,72H,4-6,8-9,11-15,17-18,20-22,24,26-27,32,35,38-71H2,1-3H3/b10-7-,19-16-,25-23-,30-28-,31-29-,34-33-,37-36-. The molecule has 0 aliphatic heterocycles. The largest absolute Gasteiger partial charge is 0.462 e. The van der Waals surface area contributed by atoms with Crippen molar-refractivity contribution in [1.82, 2.24) is 0 Å². The second-order valence-corrected chi connectivity index (χ2v) is 23.4. The van der Waals surface area contributed by atoms with E-state index >= 15 is 0 Å². The van der Waals surface area contributed by atoms with E-state index in [4.69, 9.17) is 14.2 Å². The second kappa shape index (κ2) is 69.1. The Kier molecular flexibility index (Phi) is 66.2. The van der Waals surface area contributed by atoms with Crippen LogP contribution in [-0.4, -0.2) is 37.2 Å². The maximum atomic E-state index is 12.9. The third kappa shape index (κ3) is 67.3. The van der Waals surface area contributed by atoms with Gasteiger partial charge in [0.1, 0.15) is 13.2 Å². The van der Waals surface area contributed by atoms with E-state index in [-0.39, 0.29) is 31.1 Å². The molecule has 0 spiro atoms. The van der Waals surface area contributed by atoms with Crippen LogP contribution in [0.1, 0.15) is 355 Å². The topological polar surface area (TPSA) is 78.9 Å². The number of hydrogen-bond acceptors (Lipinski definition) is 6. The summed E-state index contributed by atoms with van der Waals surface area (Å²) < 4.78 is 16.9. The highest BCUT2D eigenvalue weighted by molar-refractivity contribution is 5.71. The highest BCUT2D eigenvalue weighted by Gasteiger charge is 2.19. The molecule has 0 aliphatic rings. The van der Waals surface area contributed by atoms with Crippen molar-refractivity contribution in [3.05, 3.63) is 85.1 Å². The summed E-state index contributed by atoms with van der Waals surface area (Å²) in [5, 5.41) is 0. The molecular formula is C75H132O6. The first-order valence-electron chi connectivity index (χ1n) is 35.1. The Morgan fingerprint density at radius 3 is 0.765 bits per heavy atom. The van der Waals surface area contributed by atoms with Gasteiger partial charge < -0.3 is 14.2 Å². The van der Waals surface area contributed by atoms with Crippen LogP contribution in [0.3, 0.4) is 0 Å². The van der Waals surface area contributed by atoms with Crippen LogP contribution >= 0.6 is 0 Å². The first kappa shape index (κ1) is 77.6. The Labute approximate surface area is 503 Å². The molecule has 0 fully saturated rings. The molecule has 0 bridgehead atoms. The molecule has 1 unspecified atom stereocenters. The van der Waals surface area contributed by atoms with Gasteiger partial charge in [-0.05, 0) is 96.3 Å². The first-order chi connectivity index (χ1) is 40.0. The van der Waals surface area contributed by atoms with E-state index in [1.54, 1.807) is 0 Å². The van der Waals surface area contributed by atoms with Gasteiger partial charge in [0.2, 0.25) is 0 Å². The predicted octanol–water partition coefficient (Wildman–Crippen LogP) is 24.2. The van der Waals surface area contributed by atoms with Gasteiger partial charge in [-0.25, -0.2) is 0 Å². The summed E-state index contributed by atoms with van der Waals surface area (Å²) in [4.78, 5) is 38.3. The molecule has 0 aliphatic carbocycles. The zero-order valence-electron chi connectivity index (χ0n) is 53.8. The molecule has 81 heavy (non-hydrogen) atoms. The van der Waals surface area contributed by atoms with Crippen LogP contribution in [0.4, 0.5) is 0 Å². The minimum atomic E-state index is -0.775. The zero-order chi connectivity index (χ0) is 58.5. The van der Waals surface area contributed by atoms with Crippen LogP contribution < -0.4 is 0 Å². The van der Waals surface area contributed by atoms with E-state index in [1.807, 2.05) is 0 Å². The fourth-order valence-electron chi connectivity index (χ4n) is 10.2. The molecule has 6 heteroatoms. The average molecular weight is 1130 g/mol. The van der Waals surface area contributed by atoms with E-state index in [0.717, 1.165) is 96.3 Å². The smallest absolute Gasteiger partial charge is 0.306 e. The summed E-state index contributed by atoms with van der Waals surface area (Å²) >= 11 is 0. The highest BCUT2D eigenvalue weighted by Crippen LogP contribution is 2.17. The number of unbranched alkanes of at least 4 members (excludes halogenated alkanes) is 39. The molecule has 0 rings (SSSR count). The average Bonchev–Trinajstić information content (AvgIpc) is 3.47. The predicted molar refractivity (Wildman–Crippen MR) is 353 cm³/mol. The number of carbonyl (C=O) groups is 3. The van der Waals surface area contributed by atoms with Crippen molar-refractivity contribution in [2.24, 2.45) is 0 Å². The SMILES string of the molecule is CC/C=C\C/C=C\C/C=C\C/C=C\C/C=C\C/C=C\CCCCCCCCCCCCCCCCC(=O)OCC(COC(=O)CCCCCCCCCCC)OC(=O)CCCCCCCCCCC/C=C\CCCCCCCCCC. The van der Waals surface area contributed by atoms with Gasteiger partial charge in [-0.1, -0.05) is 324 Å². The van der Waals surface area contributed by atoms with Crippen LogP contribution in [0.25, 0.3) is 0 Å². The number of rotatable bonds is 64. The van der Waals surface area contributed by atoms with E-state index < -0.39 is 6.10 Å². The van der Waals surface area contributed by atoms with Gasteiger partial charge in [0.15, 0.2) is 6.10 Å². The van der Waals surface area contributed by atoms with Crippen molar-refractivity contribution in [2.45, 2.75) is 361 Å². The van der Waals surface area contributed by atoms with E-state index in [2.05, 4.69) is 106 Å². The van der Waals surface area contributed by atoms with Gasteiger partial charge in [0, 0.05) is 19.3 Å². The van der Waals surface area contributed by atoms with Gasteiger partial charge in [0.25, 0.3) is 0 Å². The van der Waals surface area contributed by atoms with Crippen molar-refractivity contribution < 1.29 is 28.6 Å². The summed E-state index contributed by atoms with van der Waals surface area (Å²) in [5.74, 6) is -0.860. The van der Waals surface area contributed by atoms with Crippen LogP contribution in [0.2, 0.25) is 0 Å². The Morgan fingerprint density at radius 1 is 0.259 bits per heavy atom. The molecule has 0 saturated heterocycles.